The summed E-state index contributed by atoms with van der Waals surface area (Å²) in [6.07, 6.45) is 2.67. The van der Waals surface area contributed by atoms with E-state index in [1.165, 1.54) is 11.3 Å². The molecule has 2 aliphatic rings. The van der Waals surface area contributed by atoms with Crippen LogP contribution in [0.2, 0.25) is 0 Å². The summed E-state index contributed by atoms with van der Waals surface area (Å²) < 4.78 is 0. The number of nitriles is 1. The minimum atomic E-state index is -0.488. The molecule has 0 aromatic carbocycles. The number of hydrogen-bond acceptors (Lipinski definition) is 5. The molecule has 3 rings (SSSR count). The topological polar surface area (TPSA) is 76.4 Å². The first-order chi connectivity index (χ1) is 9.60. The second-order valence-corrected chi connectivity index (χ2v) is 6.58. The monoisotopic (exact) mass is 291 g/mol. The van der Waals surface area contributed by atoms with E-state index in [0.29, 0.717) is 42.5 Å². The van der Waals surface area contributed by atoms with Crippen molar-refractivity contribution in [1.82, 2.24) is 4.90 Å². The third-order valence-corrected chi connectivity index (χ3v) is 4.86. The Morgan fingerprint density at radius 2 is 2.35 bits per heavy atom. The fourth-order valence-corrected chi connectivity index (χ4v) is 3.46. The normalized spacial score (nSPS) is 21.0. The third kappa shape index (κ3) is 2.70. The van der Waals surface area contributed by atoms with E-state index in [9.17, 15) is 9.90 Å². The predicted octanol–water partition coefficient (Wildman–Crippen LogP) is 1.41. The number of carbonyl (C=O) groups excluding carboxylic acids is 1. The molecule has 1 aromatic rings. The Labute approximate surface area is 121 Å². The van der Waals surface area contributed by atoms with Gasteiger partial charge in [0.05, 0.1) is 11.2 Å². The van der Waals surface area contributed by atoms with Gasteiger partial charge in [0, 0.05) is 26.1 Å². The van der Waals surface area contributed by atoms with Crippen LogP contribution in [0.25, 0.3) is 0 Å². The van der Waals surface area contributed by atoms with Gasteiger partial charge in [0.1, 0.15) is 11.1 Å². The number of likely N-dealkylation sites (tertiary alicyclic amines) is 1. The van der Waals surface area contributed by atoms with Crippen molar-refractivity contribution in [1.29, 1.82) is 5.26 Å². The third-order valence-electron chi connectivity index (χ3n) is 4.03. The summed E-state index contributed by atoms with van der Waals surface area (Å²) in [5, 5.41) is 24.2. The summed E-state index contributed by atoms with van der Waals surface area (Å²) >= 11 is 1.36. The zero-order valence-electron chi connectivity index (χ0n) is 11.1. The lowest BCUT2D eigenvalue weighted by molar-refractivity contribution is -0.124. The number of nitrogens with one attached hydrogen (secondary N) is 1. The highest BCUT2D eigenvalue weighted by Gasteiger charge is 2.51. The van der Waals surface area contributed by atoms with Gasteiger partial charge < -0.3 is 10.4 Å². The highest BCUT2D eigenvalue weighted by Crippen LogP contribution is 2.44. The van der Waals surface area contributed by atoms with E-state index in [1.807, 2.05) is 0 Å². The number of nitrogens with zero attached hydrogens (tertiary/aromatic N) is 2. The molecule has 1 saturated carbocycles. The van der Waals surface area contributed by atoms with E-state index >= 15 is 0 Å². The van der Waals surface area contributed by atoms with Crippen LogP contribution < -0.4 is 5.32 Å². The lowest BCUT2D eigenvalue weighted by Crippen LogP contribution is -2.63. The number of β-amino-alcohol motifs (C(OH)–C–C–N with tert-alkyl or cyclic N) is 1. The van der Waals surface area contributed by atoms with Gasteiger partial charge in [-0.25, -0.2) is 0 Å². The number of amides is 1. The molecule has 0 unspecified atom stereocenters. The van der Waals surface area contributed by atoms with Crippen molar-refractivity contribution in [2.45, 2.75) is 24.9 Å². The average Bonchev–Trinajstić information content (AvgIpc) is 3.15. The van der Waals surface area contributed by atoms with Crippen LogP contribution in [0.15, 0.2) is 11.4 Å². The zero-order valence-corrected chi connectivity index (χ0v) is 11.9. The number of rotatable bonds is 5. The summed E-state index contributed by atoms with van der Waals surface area (Å²) in [7, 11) is 0. The Morgan fingerprint density at radius 3 is 3.00 bits per heavy atom. The second kappa shape index (κ2) is 5.17. The Hall–Kier alpha value is -1.42. The Bertz CT molecular complexity index is 553. The highest BCUT2D eigenvalue weighted by molar-refractivity contribution is 7.14. The summed E-state index contributed by atoms with van der Waals surface area (Å²) in [5.74, 6) is 0.405. The van der Waals surface area contributed by atoms with E-state index in [1.54, 1.807) is 11.4 Å². The number of aliphatic hydroxyl groups is 1. The second-order valence-electron chi connectivity index (χ2n) is 5.66. The van der Waals surface area contributed by atoms with Gasteiger partial charge in [0.25, 0.3) is 0 Å². The molecule has 0 radical (unpaired) electrons. The fourth-order valence-electron chi connectivity index (χ4n) is 2.71. The molecule has 2 fully saturated rings. The Morgan fingerprint density at radius 1 is 1.60 bits per heavy atom. The van der Waals surface area contributed by atoms with Gasteiger partial charge in [0.15, 0.2) is 0 Å². The SMILES string of the molecule is N#Cc1ccsc1NC(=O)CCN1CC(O)(C2CC2)C1. The van der Waals surface area contributed by atoms with Crippen molar-refractivity contribution in [3.05, 3.63) is 17.0 Å². The first-order valence-electron chi connectivity index (χ1n) is 6.83. The largest absolute Gasteiger partial charge is 0.387 e. The molecule has 1 aliphatic heterocycles. The van der Waals surface area contributed by atoms with Crippen LogP contribution in [0.4, 0.5) is 5.00 Å². The first kappa shape index (κ1) is 13.6. The van der Waals surface area contributed by atoms with E-state index in [2.05, 4.69) is 16.3 Å². The van der Waals surface area contributed by atoms with Gasteiger partial charge in [-0.3, -0.25) is 9.69 Å². The van der Waals surface area contributed by atoms with Crippen molar-refractivity contribution in [3.63, 3.8) is 0 Å². The molecule has 106 valence electrons. The van der Waals surface area contributed by atoms with E-state index in [0.717, 1.165) is 12.8 Å². The molecule has 0 bridgehead atoms. The molecule has 20 heavy (non-hydrogen) atoms. The number of carbonyl (C=O) groups is 1. The first-order valence-corrected chi connectivity index (χ1v) is 7.71. The maximum atomic E-state index is 11.8. The maximum absolute atomic E-state index is 11.8. The van der Waals surface area contributed by atoms with Crippen molar-refractivity contribution in [2.24, 2.45) is 5.92 Å². The molecule has 0 spiro atoms. The van der Waals surface area contributed by atoms with Gasteiger partial charge in [0.2, 0.25) is 5.91 Å². The molecule has 6 heteroatoms. The molecule has 1 aromatic heterocycles. The lowest BCUT2D eigenvalue weighted by atomic mass is 9.88. The summed E-state index contributed by atoms with van der Waals surface area (Å²) in [6, 6.07) is 3.75. The fraction of sp³-hybridized carbons (Fsp3) is 0.571. The molecule has 2 N–H and O–H groups in total. The van der Waals surface area contributed by atoms with Crippen LogP contribution >= 0.6 is 11.3 Å². The minimum absolute atomic E-state index is 0.0780. The van der Waals surface area contributed by atoms with Crippen LogP contribution in [0, 0.1) is 17.2 Å². The molecular weight excluding hydrogens is 274 g/mol. The number of hydrogen-bond donors (Lipinski definition) is 2. The van der Waals surface area contributed by atoms with Gasteiger partial charge in [-0.05, 0) is 30.2 Å². The zero-order chi connectivity index (χ0) is 14.2. The van der Waals surface area contributed by atoms with E-state index in [4.69, 9.17) is 5.26 Å². The van der Waals surface area contributed by atoms with E-state index in [-0.39, 0.29) is 5.91 Å². The van der Waals surface area contributed by atoms with Gasteiger partial charge in [-0.2, -0.15) is 5.26 Å². The Balaban J connectivity index is 1.41. The van der Waals surface area contributed by atoms with Crippen LogP contribution in [0.1, 0.15) is 24.8 Å². The van der Waals surface area contributed by atoms with Crippen LogP contribution in [-0.4, -0.2) is 41.1 Å². The lowest BCUT2D eigenvalue weighted by Gasteiger charge is -2.47. The summed E-state index contributed by atoms with van der Waals surface area (Å²) in [4.78, 5) is 13.9. The molecule has 0 atom stereocenters. The predicted molar refractivity (Wildman–Crippen MR) is 76.4 cm³/mol. The quantitative estimate of drug-likeness (QED) is 0.860. The minimum Gasteiger partial charge on any atom is -0.387 e. The average molecular weight is 291 g/mol. The van der Waals surface area contributed by atoms with Crippen molar-refractivity contribution < 1.29 is 9.90 Å². The van der Waals surface area contributed by atoms with Crippen molar-refractivity contribution in [3.8, 4) is 6.07 Å². The molecule has 5 nitrogen and oxygen atoms in total. The van der Waals surface area contributed by atoms with Crippen molar-refractivity contribution in [2.75, 3.05) is 25.0 Å². The molecule has 1 amide bonds. The molecule has 1 aliphatic carbocycles. The summed E-state index contributed by atoms with van der Waals surface area (Å²) in [6.45, 7) is 2.04. The maximum Gasteiger partial charge on any atom is 0.226 e. The smallest absolute Gasteiger partial charge is 0.226 e. The standard InChI is InChI=1S/C14H17N3O2S/c15-7-10-4-6-20-13(10)16-12(18)3-5-17-8-14(19,9-17)11-1-2-11/h4,6,11,19H,1-3,5,8-9H2,(H,16,18). The van der Waals surface area contributed by atoms with Crippen LogP contribution in [0.5, 0.6) is 0 Å². The summed E-state index contributed by atoms with van der Waals surface area (Å²) in [5.41, 5.74) is 0.0217. The van der Waals surface area contributed by atoms with Gasteiger partial charge in [-0.15, -0.1) is 11.3 Å². The van der Waals surface area contributed by atoms with E-state index < -0.39 is 5.60 Å². The number of anilines is 1. The van der Waals surface area contributed by atoms with Gasteiger partial charge >= 0.3 is 0 Å². The highest BCUT2D eigenvalue weighted by atomic mass is 32.1. The molecule has 2 heterocycles. The number of thiophene rings is 1. The Kier molecular flexibility index (Phi) is 3.50. The molecular formula is C14H17N3O2S. The van der Waals surface area contributed by atoms with Crippen molar-refractivity contribution >= 4 is 22.2 Å². The van der Waals surface area contributed by atoms with Crippen LogP contribution in [0.3, 0.4) is 0 Å². The molecule has 1 saturated heterocycles. The van der Waals surface area contributed by atoms with Crippen LogP contribution in [-0.2, 0) is 4.79 Å². The van der Waals surface area contributed by atoms with Gasteiger partial charge in [-0.1, -0.05) is 0 Å².